The summed E-state index contributed by atoms with van der Waals surface area (Å²) in [4.78, 5) is 12.5. The number of fused-ring (bicyclic) bond motifs is 1. The fraction of sp³-hybridized carbons (Fsp3) is 0.0952. The molecule has 28 heavy (non-hydrogen) atoms. The molecule has 0 atom stereocenters. The van der Waals surface area contributed by atoms with E-state index in [9.17, 15) is 4.79 Å². The zero-order valence-corrected chi connectivity index (χ0v) is 16.0. The summed E-state index contributed by atoms with van der Waals surface area (Å²) in [6.07, 6.45) is 1.63. The van der Waals surface area contributed by atoms with Gasteiger partial charge in [0.05, 0.1) is 12.9 Å². The Morgan fingerprint density at radius 1 is 1.07 bits per heavy atom. The molecule has 140 valence electrons. The van der Waals surface area contributed by atoms with Crippen molar-refractivity contribution >= 4 is 34.1 Å². The normalized spacial score (nSPS) is 10.8. The van der Waals surface area contributed by atoms with Gasteiger partial charge in [0.15, 0.2) is 5.16 Å². The van der Waals surface area contributed by atoms with E-state index < -0.39 is 0 Å². The molecule has 1 amide bonds. The maximum absolute atomic E-state index is 12.5. The molecule has 0 radical (unpaired) electrons. The summed E-state index contributed by atoms with van der Waals surface area (Å²) in [6.45, 7) is 0. The number of hydrogen-bond donors (Lipinski definition) is 1. The largest absolute Gasteiger partial charge is 0.497 e. The van der Waals surface area contributed by atoms with E-state index in [0.717, 1.165) is 27.9 Å². The molecular formula is C21H18N4O2S. The van der Waals surface area contributed by atoms with Crippen molar-refractivity contribution in [2.24, 2.45) is 0 Å². The third-order valence-electron chi connectivity index (χ3n) is 4.26. The lowest BCUT2D eigenvalue weighted by molar-refractivity contribution is -0.113. The third kappa shape index (κ3) is 3.84. The monoisotopic (exact) mass is 390 g/mol. The lowest BCUT2D eigenvalue weighted by atomic mass is 10.1. The summed E-state index contributed by atoms with van der Waals surface area (Å²) in [5, 5.41) is 13.8. The maximum atomic E-state index is 12.5. The van der Waals surface area contributed by atoms with Gasteiger partial charge in [-0.1, -0.05) is 48.2 Å². The lowest BCUT2D eigenvalue weighted by Crippen LogP contribution is -2.14. The van der Waals surface area contributed by atoms with Crippen LogP contribution in [0.1, 0.15) is 0 Å². The Bertz CT molecular complexity index is 1100. The van der Waals surface area contributed by atoms with E-state index in [1.807, 2.05) is 71.3 Å². The van der Waals surface area contributed by atoms with Gasteiger partial charge in [0.2, 0.25) is 5.91 Å². The van der Waals surface area contributed by atoms with Gasteiger partial charge in [-0.2, -0.15) is 0 Å². The third-order valence-corrected chi connectivity index (χ3v) is 5.21. The lowest BCUT2D eigenvalue weighted by Gasteiger charge is -2.09. The first-order valence-corrected chi connectivity index (χ1v) is 9.68. The molecule has 0 aliphatic carbocycles. The number of nitrogens with zero attached hydrogens (tertiary/aromatic N) is 3. The highest BCUT2D eigenvalue weighted by Gasteiger charge is 2.11. The van der Waals surface area contributed by atoms with Crippen molar-refractivity contribution in [3.8, 4) is 11.4 Å². The van der Waals surface area contributed by atoms with E-state index in [4.69, 9.17) is 4.74 Å². The van der Waals surface area contributed by atoms with Crippen LogP contribution in [0.4, 0.5) is 5.69 Å². The van der Waals surface area contributed by atoms with Crippen LogP contribution in [0.3, 0.4) is 0 Å². The Balaban J connectivity index is 1.45. The first kappa shape index (κ1) is 18.1. The highest BCUT2D eigenvalue weighted by Crippen LogP contribution is 2.24. The van der Waals surface area contributed by atoms with Crippen molar-refractivity contribution in [3.05, 3.63) is 73.1 Å². The molecule has 0 aliphatic heterocycles. The minimum atomic E-state index is -0.0920. The topological polar surface area (TPSA) is 69.0 Å². The number of anilines is 1. The van der Waals surface area contributed by atoms with Crippen molar-refractivity contribution in [3.63, 3.8) is 0 Å². The Morgan fingerprint density at radius 3 is 2.68 bits per heavy atom. The molecule has 1 heterocycles. The summed E-state index contributed by atoms with van der Waals surface area (Å²) in [7, 11) is 1.63. The minimum Gasteiger partial charge on any atom is -0.497 e. The number of benzene rings is 3. The quantitative estimate of drug-likeness (QED) is 0.501. The molecule has 3 aromatic carbocycles. The van der Waals surface area contributed by atoms with Crippen LogP contribution in [-0.4, -0.2) is 33.5 Å². The van der Waals surface area contributed by atoms with Gasteiger partial charge in [-0.3, -0.25) is 9.36 Å². The molecule has 4 aromatic rings. The average Bonchev–Trinajstić information content (AvgIpc) is 3.21. The Labute approximate surface area is 166 Å². The van der Waals surface area contributed by atoms with E-state index in [1.54, 1.807) is 13.4 Å². The van der Waals surface area contributed by atoms with E-state index >= 15 is 0 Å². The van der Waals surface area contributed by atoms with E-state index in [1.165, 1.54) is 11.8 Å². The van der Waals surface area contributed by atoms with Crippen LogP contribution in [0, 0.1) is 0 Å². The SMILES string of the molecule is COc1ccc(-n2cnnc2SCC(=O)Nc2cccc3ccccc23)cc1. The summed E-state index contributed by atoms with van der Waals surface area (Å²) in [5.74, 6) is 0.920. The number of ether oxygens (including phenoxy) is 1. The highest BCUT2D eigenvalue weighted by atomic mass is 32.2. The summed E-state index contributed by atoms with van der Waals surface area (Å²) < 4.78 is 7.03. The van der Waals surface area contributed by atoms with Crippen molar-refractivity contribution in [2.75, 3.05) is 18.2 Å². The van der Waals surface area contributed by atoms with Gasteiger partial charge in [-0.25, -0.2) is 0 Å². The summed E-state index contributed by atoms with van der Waals surface area (Å²) in [6, 6.07) is 21.4. The first-order valence-electron chi connectivity index (χ1n) is 8.69. The van der Waals surface area contributed by atoms with E-state index in [0.29, 0.717) is 5.16 Å². The predicted octanol–water partition coefficient (Wildman–Crippen LogP) is 4.16. The second-order valence-corrected chi connectivity index (χ2v) is 6.99. The number of nitrogens with one attached hydrogen (secondary N) is 1. The molecule has 0 saturated carbocycles. The number of amides is 1. The second-order valence-electron chi connectivity index (χ2n) is 6.05. The molecule has 6 nitrogen and oxygen atoms in total. The van der Waals surface area contributed by atoms with Crippen molar-refractivity contribution in [1.82, 2.24) is 14.8 Å². The predicted molar refractivity (Wildman–Crippen MR) is 111 cm³/mol. The molecule has 0 fully saturated rings. The second kappa shape index (κ2) is 8.14. The summed E-state index contributed by atoms with van der Waals surface area (Å²) >= 11 is 1.34. The number of thioether (sulfide) groups is 1. The number of carbonyl (C=O) groups excluding carboxylic acids is 1. The summed E-state index contributed by atoms with van der Waals surface area (Å²) in [5.41, 5.74) is 1.71. The van der Waals surface area contributed by atoms with Gasteiger partial charge >= 0.3 is 0 Å². The van der Waals surface area contributed by atoms with Gasteiger partial charge < -0.3 is 10.1 Å². The van der Waals surface area contributed by atoms with Crippen molar-refractivity contribution in [1.29, 1.82) is 0 Å². The molecule has 7 heteroatoms. The van der Waals surface area contributed by atoms with Gasteiger partial charge in [-0.15, -0.1) is 10.2 Å². The molecule has 0 bridgehead atoms. The van der Waals surface area contributed by atoms with Crippen LogP contribution in [0.15, 0.2) is 78.2 Å². The van der Waals surface area contributed by atoms with Crippen LogP contribution < -0.4 is 10.1 Å². The molecule has 0 unspecified atom stereocenters. The molecule has 4 rings (SSSR count). The average molecular weight is 390 g/mol. The van der Waals surface area contributed by atoms with Gasteiger partial charge in [-0.05, 0) is 35.7 Å². The maximum Gasteiger partial charge on any atom is 0.234 e. The highest BCUT2D eigenvalue weighted by molar-refractivity contribution is 7.99. The number of carbonyl (C=O) groups is 1. The van der Waals surface area contributed by atoms with Gasteiger partial charge in [0.1, 0.15) is 12.1 Å². The van der Waals surface area contributed by atoms with Crippen LogP contribution in [0.25, 0.3) is 16.5 Å². The number of rotatable bonds is 6. The number of hydrogen-bond acceptors (Lipinski definition) is 5. The van der Waals surface area contributed by atoms with Crippen LogP contribution in [0.5, 0.6) is 5.75 Å². The van der Waals surface area contributed by atoms with Crippen molar-refractivity contribution in [2.45, 2.75) is 5.16 Å². The molecule has 1 N–H and O–H groups in total. The Kier molecular flexibility index (Phi) is 5.25. The Morgan fingerprint density at radius 2 is 1.86 bits per heavy atom. The number of methoxy groups -OCH3 is 1. The Hall–Kier alpha value is -3.32. The van der Waals surface area contributed by atoms with E-state index in [2.05, 4.69) is 15.5 Å². The smallest absolute Gasteiger partial charge is 0.234 e. The fourth-order valence-corrected chi connectivity index (χ4v) is 3.62. The zero-order chi connectivity index (χ0) is 19.3. The number of aromatic nitrogens is 3. The molecule has 1 aromatic heterocycles. The van der Waals surface area contributed by atoms with Gasteiger partial charge in [0, 0.05) is 16.8 Å². The van der Waals surface area contributed by atoms with Crippen molar-refractivity contribution < 1.29 is 9.53 Å². The fourth-order valence-electron chi connectivity index (χ4n) is 2.89. The van der Waals surface area contributed by atoms with Gasteiger partial charge in [0.25, 0.3) is 0 Å². The first-order chi connectivity index (χ1) is 13.7. The molecule has 0 spiro atoms. The minimum absolute atomic E-state index is 0.0920. The van der Waals surface area contributed by atoms with Crippen LogP contribution >= 0.6 is 11.8 Å². The molecule has 0 saturated heterocycles. The molecule has 0 aliphatic rings. The standard InChI is InChI=1S/C21H18N4O2S/c1-27-17-11-9-16(10-12-17)25-14-22-24-21(25)28-13-20(26)23-19-8-4-6-15-5-2-3-7-18(15)19/h2-12,14H,13H2,1H3,(H,23,26). The van der Waals surface area contributed by atoms with Crippen LogP contribution in [-0.2, 0) is 4.79 Å². The van der Waals surface area contributed by atoms with Crippen LogP contribution in [0.2, 0.25) is 0 Å². The van der Waals surface area contributed by atoms with E-state index in [-0.39, 0.29) is 11.7 Å². The zero-order valence-electron chi connectivity index (χ0n) is 15.2. The molecular weight excluding hydrogens is 372 g/mol.